The lowest BCUT2D eigenvalue weighted by molar-refractivity contribution is 0.591. The van der Waals surface area contributed by atoms with Crippen LogP contribution in [0.2, 0.25) is 0 Å². The molecule has 104 valence electrons. The molecule has 0 unspecified atom stereocenters. The highest BCUT2D eigenvalue weighted by molar-refractivity contribution is 7.92. The molecule has 1 heterocycles. The lowest BCUT2D eigenvalue weighted by atomic mass is 10.1. The molecule has 0 aliphatic carbocycles. The number of sulfonamides is 1. The number of benzene rings is 2. The first-order valence-corrected chi connectivity index (χ1v) is 7.80. The van der Waals surface area contributed by atoms with Crippen molar-refractivity contribution in [3.63, 3.8) is 0 Å². The van der Waals surface area contributed by atoms with Crippen molar-refractivity contribution in [2.45, 2.75) is 18.2 Å². The van der Waals surface area contributed by atoms with Crippen LogP contribution in [0, 0.1) is 12.7 Å². The summed E-state index contributed by atoms with van der Waals surface area (Å²) in [5, 5.41) is 0. The van der Waals surface area contributed by atoms with Crippen LogP contribution in [-0.2, 0) is 16.4 Å². The molecule has 0 N–H and O–H groups in total. The molecule has 3 nitrogen and oxygen atoms in total. The van der Waals surface area contributed by atoms with E-state index in [4.69, 9.17) is 0 Å². The molecule has 2 aromatic rings. The maximum Gasteiger partial charge on any atom is 0.264 e. The minimum absolute atomic E-state index is 0.118. The van der Waals surface area contributed by atoms with Crippen LogP contribution in [0.3, 0.4) is 0 Å². The van der Waals surface area contributed by atoms with Gasteiger partial charge in [-0.2, -0.15) is 0 Å². The third-order valence-corrected chi connectivity index (χ3v) is 5.32. The first-order valence-electron chi connectivity index (χ1n) is 6.36. The molecule has 0 aromatic heterocycles. The van der Waals surface area contributed by atoms with E-state index in [9.17, 15) is 12.8 Å². The van der Waals surface area contributed by atoms with Crippen LogP contribution in [0.5, 0.6) is 0 Å². The van der Waals surface area contributed by atoms with Gasteiger partial charge in [-0.1, -0.05) is 17.7 Å². The second-order valence-electron chi connectivity index (χ2n) is 4.91. The van der Waals surface area contributed by atoms with Crippen molar-refractivity contribution in [1.82, 2.24) is 0 Å². The Balaban J connectivity index is 2.05. The van der Waals surface area contributed by atoms with Gasteiger partial charge in [-0.3, -0.25) is 4.31 Å². The highest BCUT2D eigenvalue weighted by Gasteiger charge is 2.30. The molecule has 0 spiro atoms. The van der Waals surface area contributed by atoms with Gasteiger partial charge in [0.05, 0.1) is 10.6 Å². The van der Waals surface area contributed by atoms with Gasteiger partial charge < -0.3 is 0 Å². The summed E-state index contributed by atoms with van der Waals surface area (Å²) < 4.78 is 39.5. The van der Waals surface area contributed by atoms with Crippen molar-refractivity contribution in [1.29, 1.82) is 0 Å². The summed E-state index contributed by atoms with van der Waals surface area (Å²) in [6.07, 6.45) is 0.706. The van der Waals surface area contributed by atoms with Crippen molar-refractivity contribution < 1.29 is 12.8 Å². The molecule has 0 fully saturated rings. The van der Waals surface area contributed by atoms with Gasteiger partial charge in [0.1, 0.15) is 5.82 Å². The van der Waals surface area contributed by atoms with Crippen molar-refractivity contribution in [3.05, 3.63) is 59.4 Å². The second-order valence-corrected chi connectivity index (χ2v) is 6.78. The molecule has 0 bridgehead atoms. The number of hydrogen-bond donors (Lipinski definition) is 0. The molecule has 0 radical (unpaired) electrons. The number of rotatable bonds is 2. The highest BCUT2D eigenvalue weighted by atomic mass is 32.2. The van der Waals surface area contributed by atoms with Gasteiger partial charge in [0.2, 0.25) is 0 Å². The van der Waals surface area contributed by atoms with E-state index in [-0.39, 0.29) is 4.90 Å². The standard InChI is InChI=1S/C15H14FNO2S/c1-11-2-7-15-12(10-11)8-9-17(15)20(18,19)14-5-3-13(16)4-6-14/h2-7,10H,8-9H2,1H3. The molecule has 0 saturated carbocycles. The average Bonchev–Trinajstić information content (AvgIpc) is 2.82. The van der Waals surface area contributed by atoms with E-state index in [1.807, 2.05) is 25.1 Å². The van der Waals surface area contributed by atoms with E-state index in [2.05, 4.69) is 0 Å². The number of nitrogens with zero attached hydrogens (tertiary/aromatic N) is 1. The Bertz CT molecular complexity index is 754. The number of hydrogen-bond acceptors (Lipinski definition) is 2. The fourth-order valence-electron chi connectivity index (χ4n) is 2.48. The van der Waals surface area contributed by atoms with Gasteiger partial charge in [-0.15, -0.1) is 0 Å². The van der Waals surface area contributed by atoms with Gasteiger partial charge in [0.25, 0.3) is 10.0 Å². The number of aryl methyl sites for hydroxylation is 1. The van der Waals surface area contributed by atoms with Gasteiger partial charge in [0.15, 0.2) is 0 Å². The zero-order chi connectivity index (χ0) is 14.3. The Morgan fingerprint density at radius 1 is 1.10 bits per heavy atom. The van der Waals surface area contributed by atoms with Crippen LogP contribution in [0.15, 0.2) is 47.4 Å². The summed E-state index contributed by atoms with van der Waals surface area (Å²) in [7, 11) is -3.62. The molecule has 1 aliphatic heterocycles. The summed E-state index contributed by atoms with van der Waals surface area (Å²) in [5.41, 5.74) is 2.88. The molecular formula is C15H14FNO2S. The lowest BCUT2D eigenvalue weighted by Gasteiger charge is -2.19. The quantitative estimate of drug-likeness (QED) is 0.853. The number of anilines is 1. The molecule has 0 amide bonds. The Hall–Kier alpha value is -1.88. The minimum atomic E-state index is -3.62. The first kappa shape index (κ1) is 13.1. The lowest BCUT2D eigenvalue weighted by Crippen LogP contribution is -2.29. The van der Waals surface area contributed by atoms with Crippen molar-refractivity contribution in [2.24, 2.45) is 0 Å². The van der Waals surface area contributed by atoms with Gasteiger partial charge in [0, 0.05) is 6.54 Å². The van der Waals surface area contributed by atoms with Crippen LogP contribution in [0.4, 0.5) is 10.1 Å². The fraction of sp³-hybridized carbons (Fsp3) is 0.200. The van der Waals surface area contributed by atoms with Crippen LogP contribution in [0.1, 0.15) is 11.1 Å². The Kier molecular flexibility index (Phi) is 3.01. The molecular weight excluding hydrogens is 277 g/mol. The average molecular weight is 291 g/mol. The first-order chi connectivity index (χ1) is 9.48. The van der Waals surface area contributed by atoms with Crippen LogP contribution in [0.25, 0.3) is 0 Å². The zero-order valence-corrected chi connectivity index (χ0v) is 11.8. The number of fused-ring (bicyclic) bond motifs is 1. The summed E-state index contributed by atoms with van der Waals surface area (Å²) in [5.74, 6) is -0.443. The smallest absolute Gasteiger partial charge is 0.264 e. The maximum atomic E-state index is 12.9. The third-order valence-electron chi connectivity index (χ3n) is 3.49. The van der Waals surface area contributed by atoms with Crippen LogP contribution >= 0.6 is 0 Å². The predicted octanol–water partition coefficient (Wildman–Crippen LogP) is 2.89. The van der Waals surface area contributed by atoms with Crippen molar-refractivity contribution in [2.75, 3.05) is 10.8 Å². The normalized spacial score (nSPS) is 14.4. The van der Waals surface area contributed by atoms with Crippen molar-refractivity contribution in [3.8, 4) is 0 Å². The van der Waals surface area contributed by atoms with E-state index in [0.717, 1.165) is 16.8 Å². The van der Waals surface area contributed by atoms with E-state index in [1.165, 1.54) is 28.6 Å². The van der Waals surface area contributed by atoms with E-state index in [1.54, 1.807) is 0 Å². The Labute approximate surface area is 117 Å². The van der Waals surface area contributed by atoms with E-state index >= 15 is 0 Å². The molecule has 1 aliphatic rings. The van der Waals surface area contributed by atoms with Gasteiger partial charge in [-0.05, 0) is 49.2 Å². The van der Waals surface area contributed by atoms with Crippen molar-refractivity contribution >= 4 is 15.7 Å². The summed E-state index contributed by atoms with van der Waals surface area (Å²) in [4.78, 5) is 0.118. The fourth-order valence-corrected chi connectivity index (χ4v) is 3.99. The largest absolute Gasteiger partial charge is 0.266 e. The third kappa shape index (κ3) is 2.08. The molecule has 3 rings (SSSR count). The minimum Gasteiger partial charge on any atom is -0.266 e. The molecule has 2 aromatic carbocycles. The van der Waals surface area contributed by atoms with E-state index < -0.39 is 15.8 Å². The summed E-state index contributed by atoms with van der Waals surface area (Å²) >= 11 is 0. The van der Waals surface area contributed by atoms with Gasteiger partial charge in [-0.25, -0.2) is 12.8 Å². The molecule has 20 heavy (non-hydrogen) atoms. The summed E-state index contributed by atoms with van der Waals surface area (Å²) in [6, 6.07) is 10.7. The molecule has 0 atom stereocenters. The predicted molar refractivity (Wildman–Crippen MR) is 75.8 cm³/mol. The topological polar surface area (TPSA) is 37.4 Å². The highest BCUT2D eigenvalue weighted by Crippen LogP contribution is 2.33. The monoisotopic (exact) mass is 291 g/mol. The second kappa shape index (κ2) is 4.59. The molecule has 5 heteroatoms. The number of halogens is 1. The Morgan fingerprint density at radius 2 is 1.80 bits per heavy atom. The van der Waals surface area contributed by atoms with Crippen LogP contribution in [-0.4, -0.2) is 15.0 Å². The zero-order valence-electron chi connectivity index (χ0n) is 11.0. The maximum absolute atomic E-state index is 12.9. The van der Waals surface area contributed by atoms with E-state index in [0.29, 0.717) is 13.0 Å². The summed E-state index contributed by atoms with van der Waals surface area (Å²) in [6.45, 7) is 2.41. The van der Waals surface area contributed by atoms with Gasteiger partial charge >= 0.3 is 0 Å². The molecule has 0 saturated heterocycles. The SMILES string of the molecule is Cc1ccc2c(c1)CCN2S(=O)(=O)c1ccc(F)cc1. The Morgan fingerprint density at radius 3 is 2.50 bits per heavy atom. The van der Waals surface area contributed by atoms with Crippen LogP contribution < -0.4 is 4.31 Å².